The molecular weight excluding hydrogens is 604 g/mol. The topological polar surface area (TPSA) is 147 Å². The largest absolute Gasteiger partial charge is 0.480 e. The first-order chi connectivity index (χ1) is 20.6. The zero-order chi connectivity index (χ0) is 32.5. The third-order valence-corrected chi connectivity index (χ3v) is 10.1. The highest BCUT2D eigenvalue weighted by Gasteiger charge is 2.38. The standard InChI is InChI=1S/C31H36N4O7S2/c1-16-17(2)26(38)24(18(3)25(16)37)31(4,5)14-23(36)34(6)11-8-12-35(7)30(41)42-19-9-10-20-22(13-19)44-28(32-20)27-33-21(15-43-27)29(39)40/h9-10,13,21H,8,11-12,14-15H2,1-7H3,(H,39,40)/t21-/m1/s1. The van der Waals surface area contributed by atoms with Crippen molar-refractivity contribution in [2.45, 2.75) is 53.5 Å². The van der Waals surface area contributed by atoms with Gasteiger partial charge in [0.15, 0.2) is 17.6 Å². The lowest BCUT2D eigenvalue weighted by molar-refractivity contribution is -0.137. The number of hydrogen-bond acceptors (Lipinski definition) is 10. The monoisotopic (exact) mass is 640 g/mol. The maximum atomic E-state index is 13.1. The predicted molar refractivity (Wildman–Crippen MR) is 170 cm³/mol. The van der Waals surface area contributed by atoms with Gasteiger partial charge in [-0.05, 0) is 39.3 Å². The molecule has 2 amide bonds. The van der Waals surface area contributed by atoms with Crippen LogP contribution >= 0.6 is 23.1 Å². The normalized spacial score (nSPS) is 17.3. The maximum absolute atomic E-state index is 13.1. The number of carboxylic acids is 1. The van der Waals surface area contributed by atoms with Crippen LogP contribution in [0.25, 0.3) is 10.2 Å². The lowest BCUT2D eigenvalue weighted by Crippen LogP contribution is -2.37. The Balaban J connectivity index is 1.29. The molecule has 4 rings (SSSR count). The molecule has 44 heavy (non-hydrogen) atoms. The van der Waals surface area contributed by atoms with Crippen LogP contribution in [0.1, 0.15) is 52.5 Å². The van der Waals surface area contributed by atoms with Gasteiger partial charge in [0.2, 0.25) is 5.91 Å². The summed E-state index contributed by atoms with van der Waals surface area (Å²) in [6.07, 6.45) is 0.0155. The fourth-order valence-electron chi connectivity index (χ4n) is 5.13. The lowest BCUT2D eigenvalue weighted by Gasteiger charge is -2.32. The van der Waals surface area contributed by atoms with Gasteiger partial charge in [0.1, 0.15) is 15.8 Å². The van der Waals surface area contributed by atoms with Crippen LogP contribution < -0.4 is 4.74 Å². The number of ether oxygens (including phenoxy) is 1. The van der Waals surface area contributed by atoms with Crippen LogP contribution in [0.15, 0.2) is 45.5 Å². The van der Waals surface area contributed by atoms with E-state index in [1.165, 1.54) is 28.0 Å². The zero-order valence-electron chi connectivity index (χ0n) is 25.8. The summed E-state index contributed by atoms with van der Waals surface area (Å²) in [5.74, 6) is -0.754. The highest BCUT2D eigenvalue weighted by molar-refractivity contribution is 8.15. The van der Waals surface area contributed by atoms with E-state index < -0.39 is 23.5 Å². The van der Waals surface area contributed by atoms with Gasteiger partial charge in [-0.15, -0.1) is 23.1 Å². The Morgan fingerprint density at radius 2 is 1.68 bits per heavy atom. The lowest BCUT2D eigenvalue weighted by atomic mass is 9.71. The number of aromatic nitrogens is 1. The van der Waals surface area contributed by atoms with E-state index in [1.807, 2.05) is 13.8 Å². The van der Waals surface area contributed by atoms with Crippen LogP contribution in [0, 0.1) is 5.41 Å². The number of allylic oxidation sites excluding steroid dienone is 4. The minimum absolute atomic E-state index is 0.0628. The minimum Gasteiger partial charge on any atom is -0.480 e. The van der Waals surface area contributed by atoms with Crippen LogP contribution in [0.3, 0.4) is 0 Å². The summed E-state index contributed by atoms with van der Waals surface area (Å²) in [5.41, 5.74) is 1.52. The molecule has 1 aliphatic heterocycles. The molecule has 0 fully saturated rings. The third kappa shape index (κ3) is 6.94. The number of Topliss-reactive ketones (excluding diaryl/α,β-unsaturated/α-hetero) is 2. The Hall–Kier alpha value is -3.84. The molecule has 2 aliphatic rings. The molecule has 1 aromatic carbocycles. The van der Waals surface area contributed by atoms with Crippen molar-refractivity contribution in [1.82, 2.24) is 14.8 Å². The van der Waals surface area contributed by atoms with E-state index in [1.54, 1.807) is 58.0 Å². The molecule has 0 unspecified atom stereocenters. The SMILES string of the molecule is CC1=C(C)C(=O)C(C(C)(C)CC(=O)N(C)CCCN(C)C(=O)Oc2ccc3nc(C4=N[C@@H](C(=O)O)CS4)sc3c2)=C(C)C1=O. The maximum Gasteiger partial charge on any atom is 0.414 e. The van der Waals surface area contributed by atoms with Crippen molar-refractivity contribution in [3.63, 3.8) is 0 Å². The van der Waals surface area contributed by atoms with E-state index in [-0.39, 0.29) is 23.9 Å². The molecule has 1 atom stereocenters. The molecule has 0 bridgehead atoms. The molecule has 0 spiro atoms. The Kier molecular flexibility index (Phi) is 9.79. The van der Waals surface area contributed by atoms with Gasteiger partial charge in [0, 0.05) is 73.1 Å². The average Bonchev–Trinajstić information content (AvgIpc) is 3.62. The second-order valence-corrected chi connectivity index (χ2v) is 13.7. The molecule has 2 aromatic rings. The van der Waals surface area contributed by atoms with E-state index in [2.05, 4.69) is 9.98 Å². The first kappa shape index (κ1) is 33.1. The first-order valence-electron chi connectivity index (χ1n) is 14.1. The second-order valence-electron chi connectivity index (χ2n) is 11.7. The van der Waals surface area contributed by atoms with Gasteiger partial charge in [0.25, 0.3) is 0 Å². The highest BCUT2D eigenvalue weighted by Crippen LogP contribution is 2.39. The molecule has 1 aromatic heterocycles. The van der Waals surface area contributed by atoms with Crippen molar-refractivity contribution in [2.75, 3.05) is 32.9 Å². The molecule has 234 valence electrons. The molecule has 1 N–H and O–H groups in total. The molecule has 13 heteroatoms. The number of carboxylic acid groups (broad SMARTS) is 1. The molecule has 11 nitrogen and oxygen atoms in total. The summed E-state index contributed by atoms with van der Waals surface area (Å²) < 4.78 is 6.34. The molecule has 0 saturated carbocycles. The molecular formula is C31H36N4O7S2. The van der Waals surface area contributed by atoms with Crippen molar-refractivity contribution in [3.8, 4) is 5.75 Å². The van der Waals surface area contributed by atoms with Gasteiger partial charge in [-0.1, -0.05) is 13.8 Å². The van der Waals surface area contributed by atoms with Crippen molar-refractivity contribution in [3.05, 3.63) is 45.5 Å². The van der Waals surface area contributed by atoms with Crippen molar-refractivity contribution >= 4 is 67.9 Å². The number of fused-ring (bicyclic) bond motifs is 1. The first-order valence-corrected chi connectivity index (χ1v) is 15.9. The second kappa shape index (κ2) is 13.0. The van der Waals surface area contributed by atoms with Gasteiger partial charge in [-0.25, -0.2) is 14.6 Å². The summed E-state index contributed by atoms with van der Waals surface area (Å²) in [6, 6.07) is 4.33. The number of aliphatic imine (C=N–C) groups is 1. The molecule has 2 heterocycles. The van der Waals surface area contributed by atoms with Crippen LogP contribution in [0.4, 0.5) is 4.79 Å². The number of thioether (sulfide) groups is 1. The van der Waals surface area contributed by atoms with Gasteiger partial charge >= 0.3 is 12.1 Å². The Bertz CT molecular complexity index is 1650. The van der Waals surface area contributed by atoms with E-state index >= 15 is 0 Å². The molecule has 0 radical (unpaired) electrons. The van der Waals surface area contributed by atoms with Crippen molar-refractivity contribution in [2.24, 2.45) is 10.4 Å². The van der Waals surface area contributed by atoms with E-state index in [0.29, 0.717) is 68.9 Å². The number of nitrogens with zero attached hydrogens (tertiary/aromatic N) is 4. The van der Waals surface area contributed by atoms with Crippen LogP contribution in [-0.4, -0.2) is 93.4 Å². The van der Waals surface area contributed by atoms with Gasteiger partial charge in [0.05, 0.1) is 10.2 Å². The van der Waals surface area contributed by atoms with Gasteiger partial charge in [-0.3, -0.25) is 19.4 Å². The number of rotatable bonds is 10. The van der Waals surface area contributed by atoms with Crippen LogP contribution in [0.2, 0.25) is 0 Å². The van der Waals surface area contributed by atoms with Crippen LogP contribution in [0.5, 0.6) is 5.75 Å². The number of carbonyl (C=O) groups excluding carboxylic acids is 4. The van der Waals surface area contributed by atoms with E-state index in [9.17, 15) is 29.1 Å². The number of ketones is 2. The fourth-order valence-corrected chi connectivity index (χ4v) is 7.22. The van der Waals surface area contributed by atoms with Gasteiger partial charge in [-0.2, -0.15) is 0 Å². The highest BCUT2D eigenvalue weighted by atomic mass is 32.2. The third-order valence-electron chi connectivity index (χ3n) is 7.86. The summed E-state index contributed by atoms with van der Waals surface area (Å²) in [5, 5.41) is 10.4. The van der Waals surface area contributed by atoms with Crippen LogP contribution in [-0.2, 0) is 19.2 Å². The number of aliphatic carboxylic acids is 1. The Morgan fingerprint density at radius 1 is 1.02 bits per heavy atom. The smallest absolute Gasteiger partial charge is 0.414 e. The Morgan fingerprint density at radius 3 is 2.34 bits per heavy atom. The van der Waals surface area contributed by atoms with Crippen molar-refractivity contribution in [1.29, 1.82) is 0 Å². The molecule has 1 aliphatic carbocycles. The number of thiazole rings is 1. The van der Waals surface area contributed by atoms with Gasteiger partial charge < -0.3 is 19.6 Å². The zero-order valence-corrected chi connectivity index (χ0v) is 27.5. The summed E-state index contributed by atoms with van der Waals surface area (Å²) in [6.45, 7) is 9.28. The minimum atomic E-state index is -0.962. The predicted octanol–water partition coefficient (Wildman–Crippen LogP) is 4.74. The van der Waals surface area contributed by atoms with E-state index in [4.69, 9.17) is 4.74 Å². The summed E-state index contributed by atoms with van der Waals surface area (Å²) in [7, 11) is 3.29. The number of hydrogen-bond donors (Lipinski definition) is 1. The van der Waals surface area contributed by atoms with E-state index in [0.717, 1.165) is 4.70 Å². The summed E-state index contributed by atoms with van der Waals surface area (Å²) >= 11 is 2.71. The quantitative estimate of drug-likeness (QED) is 0.364. The Labute approximate surface area is 264 Å². The van der Waals surface area contributed by atoms with Crippen molar-refractivity contribution < 1.29 is 33.8 Å². The molecule has 0 saturated heterocycles. The fraction of sp³-hybridized carbons (Fsp3) is 0.452. The number of amides is 2. The summed E-state index contributed by atoms with van der Waals surface area (Å²) in [4.78, 5) is 74.4. The number of benzene rings is 1. The average molecular weight is 641 g/mol. The number of carbonyl (C=O) groups is 5.